The molecule has 0 atom stereocenters. The van der Waals surface area contributed by atoms with E-state index in [-0.39, 0.29) is 4.90 Å². The second-order valence-corrected chi connectivity index (χ2v) is 6.37. The molecule has 18 heavy (non-hydrogen) atoms. The molecule has 0 radical (unpaired) electrons. The van der Waals surface area contributed by atoms with E-state index in [9.17, 15) is 8.42 Å². The summed E-state index contributed by atoms with van der Waals surface area (Å²) >= 11 is 0. The molecule has 0 saturated carbocycles. The SMILES string of the molecule is CC1=CC(C)=NN(S(=O)(=O)c2ccc(C)cc2)C1. The molecule has 0 bridgehead atoms. The fraction of sp³-hybridized carbons (Fsp3) is 0.308. The first kappa shape index (κ1) is 12.8. The van der Waals surface area contributed by atoms with Crippen molar-refractivity contribution in [2.75, 3.05) is 6.54 Å². The van der Waals surface area contributed by atoms with Gasteiger partial charge in [-0.3, -0.25) is 0 Å². The Hall–Kier alpha value is -1.62. The van der Waals surface area contributed by atoms with Gasteiger partial charge in [0, 0.05) is 0 Å². The number of hydrogen-bond acceptors (Lipinski definition) is 3. The number of rotatable bonds is 2. The summed E-state index contributed by atoms with van der Waals surface area (Å²) in [6, 6.07) is 6.80. The molecule has 0 aromatic heterocycles. The van der Waals surface area contributed by atoms with Crippen LogP contribution >= 0.6 is 0 Å². The molecule has 1 aliphatic heterocycles. The number of sulfonamides is 1. The average molecular weight is 264 g/mol. The van der Waals surface area contributed by atoms with Crippen molar-refractivity contribution < 1.29 is 8.42 Å². The van der Waals surface area contributed by atoms with Crippen LogP contribution in [-0.4, -0.2) is 25.1 Å². The van der Waals surface area contributed by atoms with E-state index in [0.717, 1.165) is 15.6 Å². The topological polar surface area (TPSA) is 49.7 Å². The fourth-order valence-corrected chi connectivity index (χ4v) is 3.16. The Labute approximate surface area is 108 Å². The van der Waals surface area contributed by atoms with Crippen molar-refractivity contribution in [1.82, 2.24) is 4.41 Å². The number of allylic oxidation sites excluding steroid dienone is 1. The fourth-order valence-electron chi connectivity index (χ4n) is 1.83. The van der Waals surface area contributed by atoms with E-state index in [1.165, 1.54) is 0 Å². The predicted molar refractivity (Wildman–Crippen MR) is 71.9 cm³/mol. The summed E-state index contributed by atoms with van der Waals surface area (Å²) in [4.78, 5) is 0.277. The zero-order valence-electron chi connectivity index (χ0n) is 10.7. The highest BCUT2D eigenvalue weighted by Crippen LogP contribution is 2.20. The first-order valence-electron chi connectivity index (χ1n) is 5.71. The van der Waals surface area contributed by atoms with E-state index in [0.29, 0.717) is 12.3 Å². The Bertz CT molecular complexity index is 613. The zero-order valence-corrected chi connectivity index (χ0v) is 11.5. The minimum atomic E-state index is -3.54. The lowest BCUT2D eigenvalue weighted by Crippen LogP contribution is -2.31. The number of aryl methyl sites for hydroxylation is 1. The third kappa shape index (κ3) is 2.46. The molecule has 0 unspecified atom stereocenters. The Morgan fingerprint density at radius 3 is 2.28 bits per heavy atom. The first-order valence-corrected chi connectivity index (χ1v) is 7.15. The van der Waals surface area contributed by atoms with Gasteiger partial charge in [0.1, 0.15) is 0 Å². The molecule has 1 heterocycles. The standard InChI is InChI=1S/C13H16N2O2S/c1-10-4-6-13(7-5-10)18(16,17)15-9-11(2)8-12(3)14-15/h4-8H,9H2,1-3H3. The van der Waals surface area contributed by atoms with Crippen LogP contribution in [-0.2, 0) is 10.0 Å². The van der Waals surface area contributed by atoms with Gasteiger partial charge in [-0.05, 0) is 44.6 Å². The molecule has 2 rings (SSSR count). The number of nitrogens with zero attached hydrogens (tertiary/aromatic N) is 2. The van der Waals surface area contributed by atoms with E-state index in [1.807, 2.05) is 19.9 Å². The van der Waals surface area contributed by atoms with E-state index in [2.05, 4.69) is 5.10 Å². The molecule has 1 aromatic carbocycles. The Kier molecular flexibility index (Phi) is 3.26. The van der Waals surface area contributed by atoms with Crippen LogP contribution in [0, 0.1) is 6.92 Å². The lowest BCUT2D eigenvalue weighted by molar-refractivity contribution is 0.451. The highest BCUT2D eigenvalue weighted by atomic mass is 32.2. The third-order valence-corrected chi connectivity index (χ3v) is 4.34. The smallest absolute Gasteiger partial charge is 0.200 e. The summed E-state index contributed by atoms with van der Waals surface area (Å²) in [6.07, 6.45) is 1.89. The molecular formula is C13H16N2O2S. The summed E-state index contributed by atoms with van der Waals surface area (Å²) < 4.78 is 25.9. The van der Waals surface area contributed by atoms with Crippen LogP contribution in [0.2, 0.25) is 0 Å². The van der Waals surface area contributed by atoms with E-state index in [1.54, 1.807) is 31.2 Å². The first-order chi connectivity index (χ1) is 8.39. The normalized spacial score (nSPS) is 16.3. The maximum absolute atomic E-state index is 12.4. The molecule has 0 amide bonds. The molecule has 5 heteroatoms. The van der Waals surface area contributed by atoms with Gasteiger partial charge in [0.25, 0.3) is 10.0 Å². The summed E-state index contributed by atoms with van der Waals surface area (Å²) in [5, 5.41) is 4.09. The van der Waals surface area contributed by atoms with Crippen LogP contribution in [0.15, 0.2) is 45.9 Å². The second kappa shape index (κ2) is 4.57. The van der Waals surface area contributed by atoms with Crippen LogP contribution in [0.3, 0.4) is 0 Å². The lowest BCUT2D eigenvalue weighted by Gasteiger charge is -2.23. The maximum Gasteiger partial charge on any atom is 0.279 e. The molecule has 0 fully saturated rings. The maximum atomic E-state index is 12.4. The van der Waals surface area contributed by atoms with Gasteiger partial charge >= 0.3 is 0 Å². The minimum absolute atomic E-state index is 0.277. The number of hydrogen-bond donors (Lipinski definition) is 0. The number of hydrazone groups is 1. The summed E-state index contributed by atoms with van der Waals surface area (Å²) in [5.41, 5.74) is 2.72. The molecule has 0 saturated heterocycles. The minimum Gasteiger partial charge on any atom is -0.200 e. The van der Waals surface area contributed by atoms with Gasteiger partial charge in [-0.2, -0.15) is 17.9 Å². The van der Waals surface area contributed by atoms with Gasteiger partial charge in [0.2, 0.25) is 0 Å². The molecule has 0 aliphatic carbocycles. The second-order valence-electron chi connectivity index (χ2n) is 4.53. The molecular weight excluding hydrogens is 248 g/mol. The van der Waals surface area contributed by atoms with Crippen molar-refractivity contribution in [2.45, 2.75) is 25.7 Å². The summed E-state index contributed by atoms with van der Waals surface area (Å²) in [6.45, 7) is 5.93. The highest BCUT2D eigenvalue weighted by molar-refractivity contribution is 7.89. The van der Waals surface area contributed by atoms with Gasteiger partial charge in [-0.15, -0.1) is 0 Å². The van der Waals surface area contributed by atoms with Gasteiger partial charge < -0.3 is 0 Å². The molecule has 0 spiro atoms. The number of benzene rings is 1. The summed E-state index contributed by atoms with van der Waals surface area (Å²) in [5.74, 6) is 0. The Morgan fingerprint density at radius 2 is 1.72 bits per heavy atom. The monoisotopic (exact) mass is 264 g/mol. The van der Waals surface area contributed by atoms with Crippen molar-refractivity contribution in [1.29, 1.82) is 0 Å². The lowest BCUT2D eigenvalue weighted by atomic mass is 10.2. The van der Waals surface area contributed by atoms with Crippen LogP contribution < -0.4 is 0 Å². The highest BCUT2D eigenvalue weighted by Gasteiger charge is 2.25. The average Bonchev–Trinajstić information content (AvgIpc) is 2.28. The Morgan fingerprint density at radius 1 is 1.11 bits per heavy atom. The van der Waals surface area contributed by atoms with Gasteiger partial charge in [0.15, 0.2) is 0 Å². The van der Waals surface area contributed by atoms with E-state index >= 15 is 0 Å². The third-order valence-electron chi connectivity index (χ3n) is 2.71. The predicted octanol–water partition coefficient (Wildman–Crippen LogP) is 2.32. The molecule has 96 valence electrons. The van der Waals surface area contributed by atoms with Crippen LogP contribution in [0.5, 0.6) is 0 Å². The Balaban J connectivity index is 2.39. The van der Waals surface area contributed by atoms with E-state index in [4.69, 9.17) is 0 Å². The molecule has 1 aliphatic rings. The molecule has 1 aromatic rings. The van der Waals surface area contributed by atoms with Crippen molar-refractivity contribution in [3.8, 4) is 0 Å². The van der Waals surface area contributed by atoms with E-state index < -0.39 is 10.0 Å². The molecule has 4 nitrogen and oxygen atoms in total. The van der Waals surface area contributed by atoms with Gasteiger partial charge in [0.05, 0.1) is 17.2 Å². The van der Waals surface area contributed by atoms with Crippen molar-refractivity contribution in [2.24, 2.45) is 5.10 Å². The summed E-state index contributed by atoms with van der Waals surface area (Å²) in [7, 11) is -3.54. The zero-order chi connectivity index (χ0) is 13.3. The quantitative estimate of drug-likeness (QED) is 0.823. The van der Waals surface area contributed by atoms with Crippen molar-refractivity contribution >= 4 is 15.7 Å². The van der Waals surface area contributed by atoms with Crippen LogP contribution in [0.1, 0.15) is 19.4 Å². The van der Waals surface area contributed by atoms with Crippen LogP contribution in [0.25, 0.3) is 0 Å². The largest absolute Gasteiger partial charge is 0.279 e. The van der Waals surface area contributed by atoms with Gasteiger partial charge in [-0.1, -0.05) is 17.7 Å². The van der Waals surface area contributed by atoms with Crippen molar-refractivity contribution in [3.63, 3.8) is 0 Å². The van der Waals surface area contributed by atoms with Gasteiger partial charge in [-0.25, -0.2) is 0 Å². The van der Waals surface area contributed by atoms with Crippen LogP contribution in [0.4, 0.5) is 0 Å². The molecule has 0 N–H and O–H groups in total. The van der Waals surface area contributed by atoms with Crippen molar-refractivity contribution in [3.05, 3.63) is 41.5 Å².